The molecule has 1 amide bonds. The number of piperidine rings is 1. The average molecular weight is 360 g/mol. The Morgan fingerprint density at radius 1 is 1.24 bits per heavy atom. The van der Waals surface area contributed by atoms with Gasteiger partial charge in [-0.05, 0) is 50.2 Å². The van der Waals surface area contributed by atoms with Gasteiger partial charge in [0.25, 0.3) is 5.91 Å². The first kappa shape index (κ1) is 19.5. The molecular formula is C17H23F3N2O3. The number of ether oxygens (including phenoxy) is 2. The Balaban J connectivity index is 1.80. The lowest BCUT2D eigenvalue weighted by molar-refractivity contribution is -0.137. The van der Waals surface area contributed by atoms with Gasteiger partial charge in [-0.1, -0.05) is 0 Å². The lowest BCUT2D eigenvalue weighted by atomic mass is 9.79. The standard InChI is InChI=1S/C17H23F3N2O3/c1-24-12-16(6-8-21-9-7-16)11-22-15(23)10-25-14-4-2-13(3-5-14)17(18,19)20/h2-5,21H,6-12H2,1H3,(H,22,23). The van der Waals surface area contributed by atoms with Gasteiger partial charge in [0.15, 0.2) is 6.61 Å². The van der Waals surface area contributed by atoms with Crippen molar-refractivity contribution in [2.45, 2.75) is 19.0 Å². The van der Waals surface area contributed by atoms with Gasteiger partial charge in [-0.25, -0.2) is 0 Å². The van der Waals surface area contributed by atoms with Crippen LogP contribution in [-0.4, -0.2) is 45.9 Å². The van der Waals surface area contributed by atoms with Crippen molar-refractivity contribution < 1.29 is 27.4 Å². The Bertz CT molecular complexity index is 550. The van der Waals surface area contributed by atoms with Crippen LogP contribution in [0.4, 0.5) is 13.2 Å². The average Bonchev–Trinajstić information content (AvgIpc) is 2.59. The highest BCUT2D eigenvalue weighted by molar-refractivity contribution is 5.77. The zero-order valence-electron chi connectivity index (χ0n) is 14.1. The molecule has 1 saturated heterocycles. The molecule has 1 fully saturated rings. The number of nitrogens with one attached hydrogen (secondary N) is 2. The lowest BCUT2D eigenvalue weighted by Gasteiger charge is -2.37. The van der Waals surface area contributed by atoms with Crippen LogP contribution < -0.4 is 15.4 Å². The van der Waals surface area contributed by atoms with Crippen molar-refractivity contribution in [1.82, 2.24) is 10.6 Å². The quantitative estimate of drug-likeness (QED) is 0.783. The van der Waals surface area contributed by atoms with Gasteiger partial charge in [0.2, 0.25) is 0 Å². The molecule has 140 valence electrons. The van der Waals surface area contributed by atoms with Crippen LogP contribution in [0.25, 0.3) is 0 Å². The summed E-state index contributed by atoms with van der Waals surface area (Å²) in [6.07, 6.45) is -2.58. The van der Waals surface area contributed by atoms with Gasteiger partial charge in [0.1, 0.15) is 5.75 Å². The molecular weight excluding hydrogens is 337 g/mol. The molecule has 0 spiro atoms. The minimum atomic E-state index is -4.39. The number of amides is 1. The van der Waals surface area contributed by atoms with E-state index in [0.717, 1.165) is 38.1 Å². The van der Waals surface area contributed by atoms with Crippen molar-refractivity contribution in [3.05, 3.63) is 29.8 Å². The molecule has 8 heteroatoms. The molecule has 5 nitrogen and oxygen atoms in total. The second-order valence-electron chi connectivity index (χ2n) is 6.27. The fraction of sp³-hybridized carbons (Fsp3) is 0.588. The van der Waals surface area contributed by atoms with Crippen LogP contribution in [0.5, 0.6) is 5.75 Å². The van der Waals surface area contributed by atoms with E-state index in [-0.39, 0.29) is 23.7 Å². The Hall–Kier alpha value is -1.80. The van der Waals surface area contributed by atoms with Crippen LogP contribution in [0, 0.1) is 5.41 Å². The normalized spacial score (nSPS) is 17.1. The molecule has 0 atom stereocenters. The van der Waals surface area contributed by atoms with Gasteiger partial charge in [0, 0.05) is 19.1 Å². The maximum atomic E-state index is 12.5. The van der Waals surface area contributed by atoms with Crippen LogP contribution in [0.3, 0.4) is 0 Å². The number of carbonyl (C=O) groups is 1. The number of hydrogen-bond acceptors (Lipinski definition) is 4. The minimum absolute atomic E-state index is 0.0932. The Labute approximate surface area is 144 Å². The van der Waals surface area contributed by atoms with Crippen LogP contribution in [0.1, 0.15) is 18.4 Å². The zero-order valence-corrected chi connectivity index (χ0v) is 14.1. The number of halogens is 3. The first-order valence-electron chi connectivity index (χ1n) is 8.11. The number of benzene rings is 1. The van der Waals surface area contributed by atoms with Gasteiger partial charge in [0.05, 0.1) is 12.2 Å². The van der Waals surface area contributed by atoms with Crippen LogP contribution in [0.15, 0.2) is 24.3 Å². The largest absolute Gasteiger partial charge is 0.484 e. The first-order valence-corrected chi connectivity index (χ1v) is 8.11. The number of carbonyl (C=O) groups excluding carboxylic acids is 1. The number of methoxy groups -OCH3 is 1. The van der Waals surface area contributed by atoms with Crippen molar-refractivity contribution in [2.75, 3.05) is 40.0 Å². The maximum Gasteiger partial charge on any atom is 0.416 e. The molecule has 1 aliphatic rings. The summed E-state index contributed by atoms with van der Waals surface area (Å²) < 4.78 is 48.0. The van der Waals surface area contributed by atoms with E-state index >= 15 is 0 Å². The highest BCUT2D eigenvalue weighted by Crippen LogP contribution is 2.30. The first-order chi connectivity index (χ1) is 11.8. The van der Waals surface area contributed by atoms with Crippen molar-refractivity contribution in [3.63, 3.8) is 0 Å². The Kier molecular flexibility index (Phi) is 6.66. The summed E-state index contributed by atoms with van der Waals surface area (Å²) in [6.45, 7) is 2.56. The SMILES string of the molecule is COCC1(CNC(=O)COc2ccc(C(F)(F)F)cc2)CCNCC1. The molecule has 0 saturated carbocycles. The topological polar surface area (TPSA) is 59.6 Å². The summed E-state index contributed by atoms with van der Waals surface area (Å²) in [5.74, 6) is -0.0921. The van der Waals surface area contributed by atoms with Gasteiger partial charge in [-0.15, -0.1) is 0 Å². The van der Waals surface area contributed by atoms with E-state index in [1.54, 1.807) is 7.11 Å². The monoisotopic (exact) mass is 360 g/mol. The predicted molar refractivity (Wildman–Crippen MR) is 86.4 cm³/mol. The maximum absolute atomic E-state index is 12.5. The second kappa shape index (κ2) is 8.53. The van der Waals surface area contributed by atoms with Crippen molar-refractivity contribution in [2.24, 2.45) is 5.41 Å². The van der Waals surface area contributed by atoms with E-state index in [0.29, 0.717) is 13.2 Å². The van der Waals surface area contributed by atoms with Crippen LogP contribution >= 0.6 is 0 Å². The second-order valence-corrected chi connectivity index (χ2v) is 6.27. The predicted octanol–water partition coefficient (Wildman–Crippen LogP) is 2.22. The smallest absolute Gasteiger partial charge is 0.416 e. The molecule has 2 rings (SSSR count). The molecule has 25 heavy (non-hydrogen) atoms. The van der Waals surface area contributed by atoms with Crippen molar-refractivity contribution in [1.29, 1.82) is 0 Å². The zero-order chi connectivity index (χ0) is 18.3. The molecule has 1 heterocycles. The molecule has 0 radical (unpaired) electrons. The summed E-state index contributed by atoms with van der Waals surface area (Å²) in [4.78, 5) is 12.0. The Morgan fingerprint density at radius 2 is 1.88 bits per heavy atom. The van der Waals surface area contributed by atoms with Crippen molar-refractivity contribution in [3.8, 4) is 5.75 Å². The third kappa shape index (κ3) is 5.89. The van der Waals surface area contributed by atoms with E-state index in [9.17, 15) is 18.0 Å². The van der Waals surface area contributed by atoms with E-state index in [4.69, 9.17) is 9.47 Å². The molecule has 1 aromatic rings. The highest BCUT2D eigenvalue weighted by atomic mass is 19.4. The summed E-state index contributed by atoms with van der Waals surface area (Å²) >= 11 is 0. The van der Waals surface area contributed by atoms with Crippen LogP contribution in [0.2, 0.25) is 0 Å². The van der Waals surface area contributed by atoms with Gasteiger partial charge < -0.3 is 20.1 Å². The molecule has 1 aromatic carbocycles. The Morgan fingerprint density at radius 3 is 2.44 bits per heavy atom. The third-order valence-electron chi connectivity index (χ3n) is 4.33. The van der Waals surface area contributed by atoms with E-state index in [1.807, 2.05) is 0 Å². The third-order valence-corrected chi connectivity index (χ3v) is 4.33. The lowest BCUT2D eigenvalue weighted by Crippen LogP contribution is -2.47. The van der Waals surface area contributed by atoms with E-state index < -0.39 is 11.7 Å². The minimum Gasteiger partial charge on any atom is -0.484 e. The van der Waals surface area contributed by atoms with Gasteiger partial charge in [-0.3, -0.25) is 4.79 Å². The van der Waals surface area contributed by atoms with Gasteiger partial charge in [-0.2, -0.15) is 13.2 Å². The molecule has 0 aliphatic carbocycles. The van der Waals surface area contributed by atoms with E-state index in [1.165, 1.54) is 12.1 Å². The molecule has 2 N–H and O–H groups in total. The molecule has 0 aromatic heterocycles. The summed E-state index contributed by atoms with van der Waals surface area (Å²) in [5, 5.41) is 6.11. The number of alkyl halides is 3. The molecule has 0 unspecified atom stereocenters. The summed E-state index contributed by atoms with van der Waals surface area (Å²) in [5.41, 5.74) is -0.846. The number of rotatable bonds is 7. The van der Waals surface area contributed by atoms with Crippen molar-refractivity contribution >= 4 is 5.91 Å². The van der Waals surface area contributed by atoms with E-state index in [2.05, 4.69) is 10.6 Å². The molecule has 1 aliphatic heterocycles. The highest BCUT2D eigenvalue weighted by Gasteiger charge is 2.32. The van der Waals surface area contributed by atoms with Crippen LogP contribution in [-0.2, 0) is 15.7 Å². The fourth-order valence-corrected chi connectivity index (χ4v) is 2.86. The molecule has 0 bridgehead atoms. The fourth-order valence-electron chi connectivity index (χ4n) is 2.86. The summed E-state index contributed by atoms with van der Waals surface area (Å²) in [6, 6.07) is 4.26. The summed E-state index contributed by atoms with van der Waals surface area (Å²) in [7, 11) is 1.64. The van der Waals surface area contributed by atoms with Gasteiger partial charge >= 0.3 is 6.18 Å². The number of hydrogen-bond donors (Lipinski definition) is 2.